The predicted molar refractivity (Wildman–Crippen MR) is 84.3 cm³/mol. The summed E-state index contributed by atoms with van der Waals surface area (Å²) in [6.07, 6.45) is -0.935. The molecule has 1 atom stereocenters. The van der Waals surface area contributed by atoms with Gasteiger partial charge in [-0.25, -0.2) is 4.79 Å². The largest absolute Gasteiger partial charge is 0.448 e. The van der Waals surface area contributed by atoms with Gasteiger partial charge in [-0.3, -0.25) is 9.59 Å². The maximum absolute atomic E-state index is 12.0. The third kappa shape index (κ3) is 4.02. The lowest BCUT2D eigenvalue weighted by Gasteiger charge is -2.13. The van der Waals surface area contributed by atoms with E-state index in [0.29, 0.717) is 16.1 Å². The molecule has 6 heteroatoms. The van der Waals surface area contributed by atoms with E-state index in [1.54, 1.807) is 41.8 Å². The van der Waals surface area contributed by atoms with Gasteiger partial charge >= 0.3 is 5.97 Å². The first-order valence-corrected chi connectivity index (χ1v) is 7.51. The first kappa shape index (κ1) is 15.9. The van der Waals surface area contributed by atoms with Gasteiger partial charge in [0, 0.05) is 11.3 Å². The zero-order valence-electron chi connectivity index (χ0n) is 12.2. The number of carbonyl (C=O) groups excluding carboxylic acids is 3. The lowest BCUT2D eigenvalue weighted by molar-refractivity contribution is -0.123. The molecular weight excluding hydrogens is 302 g/mol. The van der Waals surface area contributed by atoms with Crippen LogP contribution in [0.25, 0.3) is 0 Å². The number of carbonyl (C=O) groups is 3. The van der Waals surface area contributed by atoms with Crippen molar-refractivity contribution in [1.29, 1.82) is 0 Å². The maximum atomic E-state index is 12.0. The topological polar surface area (TPSA) is 72.5 Å². The summed E-state index contributed by atoms with van der Waals surface area (Å²) in [5.41, 5.74) is 0.984. The Labute approximate surface area is 131 Å². The molecule has 114 valence electrons. The summed E-state index contributed by atoms with van der Waals surface area (Å²) < 4.78 is 5.10. The van der Waals surface area contributed by atoms with Crippen LogP contribution in [0.1, 0.15) is 33.9 Å². The molecule has 1 amide bonds. The molecule has 0 saturated heterocycles. The van der Waals surface area contributed by atoms with Gasteiger partial charge in [0.15, 0.2) is 11.9 Å². The number of ether oxygens (including phenoxy) is 1. The van der Waals surface area contributed by atoms with E-state index in [0.717, 1.165) is 0 Å². The highest BCUT2D eigenvalue weighted by Crippen LogP contribution is 2.14. The second-order valence-corrected chi connectivity index (χ2v) is 5.60. The van der Waals surface area contributed by atoms with Gasteiger partial charge < -0.3 is 10.1 Å². The molecule has 0 aliphatic carbocycles. The van der Waals surface area contributed by atoms with Crippen molar-refractivity contribution in [3.05, 3.63) is 52.2 Å². The lowest BCUT2D eigenvalue weighted by atomic mass is 10.1. The fourth-order valence-corrected chi connectivity index (χ4v) is 2.33. The number of Topliss-reactive ketones (excluding diaryl/α,β-unsaturated/α-hetero) is 1. The quantitative estimate of drug-likeness (QED) is 0.679. The van der Waals surface area contributed by atoms with E-state index in [1.807, 2.05) is 0 Å². The van der Waals surface area contributed by atoms with Crippen LogP contribution in [0.3, 0.4) is 0 Å². The molecule has 22 heavy (non-hydrogen) atoms. The summed E-state index contributed by atoms with van der Waals surface area (Å²) in [6, 6.07) is 9.95. The smallest absolute Gasteiger partial charge is 0.349 e. The molecule has 0 spiro atoms. The highest BCUT2D eigenvalue weighted by atomic mass is 32.1. The van der Waals surface area contributed by atoms with Crippen LogP contribution in [-0.2, 0) is 9.53 Å². The van der Waals surface area contributed by atoms with Gasteiger partial charge in [0.1, 0.15) is 4.88 Å². The Balaban J connectivity index is 1.98. The van der Waals surface area contributed by atoms with E-state index in [2.05, 4.69) is 5.32 Å². The van der Waals surface area contributed by atoms with Crippen LogP contribution in [0.2, 0.25) is 0 Å². The highest BCUT2D eigenvalue weighted by molar-refractivity contribution is 7.11. The molecule has 1 aromatic heterocycles. The van der Waals surface area contributed by atoms with Gasteiger partial charge in [-0.2, -0.15) is 0 Å². The molecule has 5 nitrogen and oxygen atoms in total. The minimum Gasteiger partial charge on any atom is -0.448 e. The number of amides is 1. The summed E-state index contributed by atoms with van der Waals surface area (Å²) in [5, 5.41) is 4.38. The van der Waals surface area contributed by atoms with E-state index in [1.165, 1.54) is 25.2 Å². The van der Waals surface area contributed by atoms with Gasteiger partial charge in [0.2, 0.25) is 0 Å². The Kier molecular flexibility index (Phi) is 5.06. The first-order chi connectivity index (χ1) is 10.5. The summed E-state index contributed by atoms with van der Waals surface area (Å²) in [6.45, 7) is 2.95. The summed E-state index contributed by atoms with van der Waals surface area (Å²) in [4.78, 5) is 35.6. The third-order valence-electron chi connectivity index (χ3n) is 2.91. The Morgan fingerprint density at radius 3 is 2.59 bits per heavy atom. The molecule has 0 radical (unpaired) electrons. The van der Waals surface area contributed by atoms with Crippen molar-refractivity contribution in [3.63, 3.8) is 0 Å². The van der Waals surface area contributed by atoms with Crippen LogP contribution >= 0.6 is 11.3 Å². The van der Waals surface area contributed by atoms with Crippen molar-refractivity contribution in [1.82, 2.24) is 0 Å². The summed E-state index contributed by atoms with van der Waals surface area (Å²) in [5.74, 6) is -1.07. The minimum atomic E-state index is -0.935. The predicted octanol–water partition coefficient (Wildman–Crippen LogP) is 3.13. The van der Waals surface area contributed by atoms with E-state index >= 15 is 0 Å². The Morgan fingerprint density at radius 2 is 1.95 bits per heavy atom. The van der Waals surface area contributed by atoms with Crippen molar-refractivity contribution in [2.45, 2.75) is 20.0 Å². The standard InChI is InChI=1S/C16H15NO4S/c1-10(18)12-5-3-6-13(9-12)17-15(19)11(2)21-16(20)14-7-4-8-22-14/h3-9,11H,1-2H3,(H,17,19)/t11-/m0/s1. The molecule has 0 saturated carbocycles. The van der Waals surface area contributed by atoms with Crippen molar-refractivity contribution in [2.24, 2.45) is 0 Å². The fraction of sp³-hybridized carbons (Fsp3) is 0.188. The Morgan fingerprint density at radius 1 is 1.18 bits per heavy atom. The monoisotopic (exact) mass is 317 g/mol. The molecule has 1 N–H and O–H groups in total. The summed E-state index contributed by atoms with van der Waals surface area (Å²) >= 11 is 1.25. The van der Waals surface area contributed by atoms with Gasteiger partial charge in [-0.15, -0.1) is 11.3 Å². The number of hydrogen-bond acceptors (Lipinski definition) is 5. The number of thiophene rings is 1. The van der Waals surface area contributed by atoms with Crippen molar-refractivity contribution in [3.8, 4) is 0 Å². The average Bonchev–Trinajstić information content (AvgIpc) is 3.01. The van der Waals surface area contributed by atoms with Gasteiger partial charge in [0.05, 0.1) is 0 Å². The number of esters is 1. The van der Waals surface area contributed by atoms with Crippen LogP contribution in [0, 0.1) is 0 Å². The Hall–Kier alpha value is -2.47. The molecule has 0 fully saturated rings. The van der Waals surface area contributed by atoms with Gasteiger partial charge in [-0.05, 0) is 37.4 Å². The van der Waals surface area contributed by atoms with Crippen LogP contribution < -0.4 is 5.32 Å². The number of benzene rings is 1. The lowest BCUT2D eigenvalue weighted by Crippen LogP contribution is -2.29. The van der Waals surface area contributed by atoms with Crippen molar-refractivity contribution in [2.75, 3.05) is 5.32 Å². The fourth-order valence-electron chi connectivity index (χ4n) is 1.73. The van der Waals surface area contributed by atoms with Crippen molar-refractivity contribution < 1.29 is 19.1 Å². The van der Waals surface area contributed by atoms with Crippen LogP contribution in [0.15, 0.2) is 41.8 Å². The average molecular weight is 317 g/mol. The van der Waals surface area contributed by atoms with Crippen LogP contribution in [0.4, 0.5) is 5.69 Å². The maximum Gasteiger partial charge on any atom is 0.349 e. The van der Waals surface area contributed by atoms with E-state index in [-0.39, 0.29) is 5.78 Å². The second-order valence-electron chi connectivity index (χ2n) is 4.65. The zero-order valence-corrected chi connectivity index (χ0v) is 13.0. The van der Waals surface area contributed by atoms with Gasteiger partial charge in [-0.1, -0.05) is 18.2 Å². The van der Waals surface area contributed by atoms with E-state index in [9.17, 15) is 14.4 Å². The second kappa shape index (κ2) is 7.00. The zero-order chi connectivity index (χ0) is 16.1. The molecule has 1 heterocycles. The number of hydrogen-bond donors (Lipinski definition) is 1. The number of anilines is 1. The minimum absolute atomic E-state index is 0.0896. The number of ketones is 1. The van der Waals surface area contributed by atoms with Crippen LogP contribution in [-0.4, -0.2) is 23.8 Å². The van der Waals surface area contributed by atoms with Crippen molar-refractivity contribution >= 4 is 34.7 Å². The molecule has 2 aromatic rings. The molecule has 0 bridgehead atoms. The molecule has 0 aliphatic rings. The van der Waals surface area contributed by atoms with E-state index in [4.69, 9.17) is 4.74 Å². The normalized spacial score (nSPS) is 11.5. The first-order valence-electron chi connectivity index (χ1n) is 6.63. The molecule has 2 rings (SSSR count). The number of rotatable bonds is 5. The highest BCUT2D eigenvalue weighted by Gasteiger charge is 2.19. The Bertz CT molecular complexity index is 694. The third-order valence-corrected chi connectivity index (χ3v) is 3.76. The SMILES string of the molecule is CC(=O)c1cccc(NC(=O)[C@H](C)OC(=O)c2cccs2)c1. The molecule has 0 aliphatic heterocycles. The molecule has 0 unspecified atom stereocenters. The number of nitrogens with one attached hydrogen (secondary N) is 1. The molecule has 1 aromatic carbocycles. The van der Waals surface area contributed by atoms with E-state index < -0.39 is 18.0 Å². The summed E-state index contributed by atoms with van der Waals surface area (Å²) in [7, 11) is 0. The van der Waals surface area contributed by atoms with Gasteiger partial charge in [0.25, 0.3) is 5.91 Å². The molecular formula is C16H15NO4S. The van der Waals surface area contributed by atoms with Crippen LogP contribution in [0.5, 0.6) is 0 Å².